The zero-order chi connectivity index (χ0) is 24.7. The van der Waals surface area contributed by atoms with Crippen molar-refractivity contribution in [3.05, 3.63) is 78.6 Å². The number of nitrogens with zero attached hydrogens (tertiary/aromatic N) is 3. The maximum Gasteiger partial charge on any atom is 0.267 e. The highest BCUT2D eigenvalue weighted by molar-refractivity contribution is 5.99. The maximum absolute atomic E-state index is 13.3. The van der Waals surface area contributed by atoms with E-state index in [-0.39, 0.29) is 5.91 Å². The molecule has 0 bridgehead atoms. The lowest BCUT2D eigenvalue weighted by molar-refractivity contribution is 0.0939. The van der Waals surface area contributed by atoms with E-state index in [4.69, 9.17) is 4.74 Å². The number of carbonyl (C=O) groups is 1. The summed E-state index contributed by atoms with van der Waals surface area (Å²) in [4.78, 5) is 17.7. The van der Waals surface area contributed by atoms with Crippen LogP contribution in [0.2, 0.25) is 0 Å². The Morgan fingerprint density at radius 2 is 1.97 bits per heavy atom. The Kier molecular flexibility index (Phi) is 7.79. The van der Waals surface area contributed by atoms with Crippen LogP contribution in [0.25, 0.3) is 21.9 Å². The SMILES string of the molecule is COCCCNC(=O)c1cc(-c2cccc3ccccc23)cn1Cc1cncn1CC1CCNCC1. The van der Waals surface area contributed by atoms with Gasteiger partial charge >= 0.3 is 0 Å². The van der Waals surface area contributed by atoms with E-state index < -0.39 is 0 Å². The lowest BCUT2D eigenvalue weighted by Gasteiger charge is -2.23. The molecule has 5 rings (SSSR count). The standard InChI is InChI=1S/C29H35N5O2/c1-36-15-5-12-32-29(35)28-16-24(27-9-4-7-23-6-2-3-8-26(23)27)19-33(28)20-25-17-31-21-34(25)18-22-10-13-30-14-11-22/h2-4,6-9,16-17,19,21-22,30H,5,10-15,18,20H2,1H3,(H,32,35). The largest absolute Gasteiger partial charge is 0.385 e. The summed E-state index contributed by atoms with van der Waals surface area (Å²) in [6.45, 7) is 4.92. The van der Waals surface area contributed by atoms with E-state index in [9.17, 15) is 4.79 Å². The third kappa shape index (κ3) is 5.53. The number of ether oxygens (including phenoxy) is 1. The number of hydrogen-bond donors (Lipinski definition) is 2. The molecule has 0 unspecified atom stereocenters. The van der Waals surface area contributed by atoms with Crippen molar-refractivity contribution in [2.75, 3.05) is 33.4 Å². The minimum Gasteiger partial charge on any atom is -0.385 e. The van der Waals surface area contributed by atoms with Gasteiger partial charge in [0, 0.05) is 44.8 Å². The van der Waals surface area contributed by atoms with E-state index in [0.29, 0.717) is 31.3 Å². The summed E-state index contributed by atoms with van der Waals surface area (Å²) in [6.07, 6.45) is 9.11. The number of amides is 1. The van der Waals surface area contributed by atoms with Crippen LogP contribution in [0.1, 0.15) is 35.4 Å². The van der Waals surface area contributed by atoms with Crippen molar-refractivity contribution in [1.82, 2.24) is 24.8 Å². The molecule has 2 aromatic heterocycles. The predicted octanol–water partition coefficient (Wildman–Crippen LogP) is 4.32. The number of hydrogen-bond acceptors (Lipinski definition) is 4. The van der Waals surface area contributed by atoms with Crippen LogP contribution >= 0.6 is 0 Å². The number of rotatable bonds is 10. The van der Waals surface area contributed by atoms with E-state index >= 15 is 0 Å². The Morgan fingerprint density at radius 3 is 2.83 bits per heavy atom. The topological polar surface area (TPSA) is 73.1 Å². The molecule has 36 heavy (non-hydrogen) atoms. The molecule has 1 aliphatic rings. The number of piperidine rings is 1. The number of carbonyl (C=O) groups excluding carboxylic acids is 1. The summed E-state index contributed by atoms with van der Waals surface area (Å²) in [6, 6.07) is 16.7. The van der Waals surface area contributed by atoms with Gasteiger partial charge in [0.2, 0.25) is 0 Å². The minimum atomic E-state index is -0.0676. The van der Waals surface area contributed by atoms with E-state index in [1.807, 2.05) is 18.6 Å². The smallest absolute Gasteiger partial charge is 0.267 e. The fraction of sp³-hybridized carbons (Fsp3) is 0.379. The molecule has 7 heteroatoms. The van der Waals surface area contributed by atoms with Crippen LogP contribution in [0.3, 0.4) is 0 Å². The van der Waals surface area contributed by atoms with Gasteiger partial charge in [-0.2, -0.15) is 0 Å². The van der Waals surface area contributed by atoms with Gasteiger partial charge in [0.15, 0.2) is 0 Å². The monoisotopic (exact) mass is 485 g/mol. The van der Waals surface area contributed by atoms with E-state index in [2.05, 4.69) is 73.4 Å². The fourth-order valence-corrected chi connectivity index (χ4v) is 5.13. The number of methoxy groups -OCH3 is 1. The molecule has 0 spiro atoms. The molecular formula is C29H35N5O2. The molecular weight excluding hydrogens is 450 g/mol. The summed E-state index contributed by atoms with van der Waals surface area (Å²) in [5.74, 6) is 0.584. The number of fused-ring (bicyclic) bond motifs is 1. The number of aromatic nitrogens is 3. The van der Waals surface area contributed by atoms with Crippen LogP contribution in [0.5, 0.6) is 0 Å². The van der Waals surface area contributed by atoms with Gasteiger partial charge in [0.1, 0.15) is 5.69 Å². The van der Waals surface area contributed by atoms with Gasteiger partial charge in [-0.3, -0.25) is 4.79 Å². The highest BCUT2D eigenvalue weighted by atomic mass is 16.5. The van der Waals surface area contributed by atoms with Gasteiger partial charge in [-0.25, -0.2) is 4.98 Å². The molecule has 188 valence electrons. The van der Waals surface area contributed by atoms with Gasteiger partial charge in [-0.05, 0) is 60.7 Å². The highest BCUT2D eigenvalue weighted by Crippen LogP contribution is 2.30. The quantitative estimate of drug-likeness (QED) is 0.328. The molecule has 2 aromatic carbocycles. The van der Waals surface area contributed by atoms with Gasteiger partial charge < -0.3 is 24.5 Å². The molecule has 4 aromatic rings. The first-order chi connectivity index (χ1) is 17.7. The zero-order valence-electron chi connectivity index (χ0n) is 21.0. The molecule has 1 fully saturated rings. The van der Waals surface area contributed by atoms with Crippen molar-refractivity contribution in [1.29, 1.82) is 0 Å². The summed E-state index contributed by atoms with van der Waals surface area (Å²) >= 11 is 0. The van der Waals surface area contributed by atoms with Crippen LogP contribution in [0.15, 0.2) is 67.3 Å². The molecule has 0 aliphatic carbocycles. The third-order valence-electron chi connectivity index (χ3n) is 7.09. The fourth-order valence-electron chi connectivity index (χ4n) is 5.13. The van der Waals surface area contributed by atoms with Crippen LogP contribution in [0, 0.1) is 5.92 Å². The van der Waals surface area contributed by atoms with Gasteiger partial charge in [0.05, 0.1) is 18.6 Å². The molecule has 3 heterocycles. The Labute approximate surface area is 212 Å². The van der Waals surface area contributed by atoms with Crippen molar-refractivity contribution in [2.45, 2.75) is 32.4 Å². The summed E-state index contributed by atoms with van der Waals surface area (Å²) < 4.78 is 9.46. The first-order valence-electron chi connectivity index (χ1n) is 12.9. The molecule has 7 nitrogen and oxygen atoms in total. The lowest BCUT2D eigenvalue weighted by atomic mass is 9.98. The van der Waals surface area contributed by atoms with E-state index in [0.717, 1.165) is 42.9 Å². The number of imidazole rings is 1. The average molecular weight is 486 g/mol. The zero-order valence-corrected chi connectivity index (χ0v) is 21.0. The van der Waals surface area contributed by atoms with Crippen LogP contribution < -0.4 is 10.6 Å². The Morgan fingerprint density at radius 1 is 1.14 bits per heavy atom. The van der Waals surface area contributed by atoms with Gasteiger partial charge in [0.25, 0.3) is 5.91 Å². The second-order valence-corrected chi connectivity index (χ2v) is 9.60. The number of benzene rings is 2. The molecule has 0 radical (unpaired) electrons. The summed E-state index contributed by atoms with van der Waals surface area (Å²) in [7, 11) is 1.68. The lowest BCUT2D eigenvalue weighted by Crippen LogP contribution is -2.30. The first-order valence-corrected chi connectivity index (χ1v) is 12.9. The predicted molar refractivity (Wildman–Crippen MR) is 143 cm³/mol. The van der Waals surface area contributed by atoms with Crippen molar-refractivity contribution in [3.63, 3.8) is 0 Å². The molecule has 0 saturated carbocycles. The second-order valence-electron chi connectivity index (χ2n) is 9.60. The van der Waals surface area contributed by atoms with Crippen molar-refractivity contribution in [2.24, 2.45) is 5.92 Å². The summed E-state index contributed by atoms with van der Waals surface area (Å²) in [5.41, 5.74) is 3.94. The average Bonchev–Trinajstić information content (AvgIpc) is 3.54. The maximum atomic E-state index is 13.3. The van der Waals surface area contributed by atoms with Gasteiger partial charge in [-0.15, -0.1) is 0 Å². The molecule has 0 atom stereocenters. The first kappa shape index (κ1) is 24.3. The summed E-state index contributed by atoms with van der Waals surface area (Å²) in [5, 5.41) is 8.88. The number of nitrogens with one attached hydrogen (secondary N) is 2. The normalized spacial score (nSPS) is 14.4. The van der Waals surface area contributed by atoms with Gasteiger partial charge in [-0.1, -0.05) is 42.5 Å². The van der Waals surface area contributed by atoms with Crippen LogP contribution in [-0.2, 0) is 17.8 Å². The molecule has 1 amide bonds. The van der Waals surface area contributed by atoms with Crippen molar-refractivity contribution >= 4 is 16.7 Å². The van der Waals surface area contributed by atoms with Crippen LogP contribution in [0.4, 0.5) is 0 Å². The third-order valence-corrected chi connectivity index (χ3v) is 7.09. The molecule has 1 aliphatic heterocycles. The Bertz CT molecular complexity index is 1300. The Hall–Kier alpha value is -3.42. The van der Waals surface area contributed by atoms with E-state index in [1.54, 1.807) is 7.11 Å². The molecule has 1 saturated heterocycles. The van der Waals surface area contributed by atoms with Crippen molar-refractivity contribution < 1.29 is 9.53 Å². The van der Waals surface area contributed by atoms with Crippen LogP contribution in [-0.4, -0.2) is 53.4 Å². The Balaban J connectivity index is 1.45. The minimum absolute atomic E-state index is 0.0676. The highest BCUT2D eigenvalue weighted by Gasteiger charge is 2.19. The van der Waals surface area contributed by atoms with Crippen molar-refractivity contribution in [3.8, 4) is 11.1 Å². The second kappa shape index (κ2) is 11.5. The van der Waals surface area contributed by atoms with E-state index in [1.165, 1.54) is 23.6 Å². The molecule has 2 N–H and O–H groups in total.